The second kappa shape index (κ2) is 10.1. The monoisotopic (exact) mass is 546 g/mol. The lowest BCUT2D eigenvalue weighted by atomic mass is 10.0. The highest BCUT2D eigenvalue weighted by Crippen LogP contribution is 2.34. The van der Waals surface area contributed by atoms with Gasteiger partial charge in [-0.25, -0.2) is 4.68 Å². The standard InChI is InChI=1S/C26H29F3N6O2S/c1-15(2)35-22-21(20(32-35)24(37)34-12-6-7-18(34)14-33-10-4-5-11-33)38-25(30-22)31-23(36)17-9-8-16(3)19(13-17)26(27,28)29/h8-9,13,18H,1,4-7,10-12,14H2,2-3H3,(H,30,31,36)/t18-/m0/s1. The van der Waals surface area contributed by atoms with Gasteiger partial charge in [-0.05, 0) is 70.3 Å². The van der Waals surface area contributed by atoms with Crippen molar-refractivity contribution in [3.63, 3.8) is 0 Å². The number of likely N-dealkylation sites (tertiary alicyclic amines) is 2. The van der Waals surface area contributed by atoms with Gasteiger partial charge < -0.3 is 9.80 Å². The second-order valence-corrected chi connectivity index (χ2v) is 11.0. The molecule has 1 N–H and O–H groups in total. The third kappa shape index (κ3) is 5.06. The summed E-state index contributed by atoms with van der Waals surface area (Å²) in [5.74, 6) is -0.911. The lowest BCUT2D eigenvalue weighted by Crippen LogP contribution is -2.42. The lowest BCUT2D eigenvalue weighted by Gasteiger charge is -2.28. The maximum absolute atomic E-state index is 13.7. The number of carbonyl (C=O) groups excluding carboxylic acids is 2. The maximum atomic E-state index is 13.7. The van der Waals surface area contributed by atoms with E-state index in [1.165, 1.54) is 36.6 Å². The predicted octanol–water partition coefficient (Wildman–Crippen LogP) is 5.26. The fourth-order valence-corrected chi connectivity index (χ4v) is 6.11. The van der Waals surface area contributed by atoms with Crippen molar-refractivity contribution in [2.45, 2.75) is 51.7 Å². The summed E-state index contributed by atoms with van der Waals surface area (Å²) in [5, 5.41) is 7.26. The van der Waals surface area contributed by atoms with E-state index in [0.717, 1.165) is 49.9 Å². The highest BCUT2D eigenvalue weighted by atomic mass is 32.1. The average molecular weight is 547 g/mol. The summed E-state index contributed by atoms with van der Waals surface area (Å²) in [5.41, 5.74) is 0.181. The number of allylic oxidation sites excluding steroid dienone is 1. The zero-order chi connectivity index (χ0) is 27.2. The molecule has 1 aromatic carbocycles. The van der Waals surface area contributed by atoms with E-state index in [0.29, 0.717) is 22.6 Å². The quantitative estimate of drug-likeness (QED) is 0.456. The van der Waals surface area contributed by atoms with E-state index in [1.807, 2.05) is 4.90 Å². The molecule has 3 aromatic rings. The zero-order valence-electron chi connectivity index (χ0n) is 21.3. The maximum Gasteiger partial charge on any atom is 0.416 e. The molecule has 0 unspecified atom stereocenters. The minimum absolute atomic E-state index is 0.0312. The molecule has 2 saturated heterocycles. The third-order valence-electron chi connectivity index (χ3n) is 7.12. The van der Waals surface area contributed by atoms with E-state index in [-0.39, 0.29) is 33.9 Å². The fourth-order valence-electron chi connectivity index (χ4n) is 5.19. The fraction of sp³-hybridized carbons (Fsp3) is 0.462. The molecule has 202 valence electrons. The summed E-state index contributed by atoms with van der Waals surface area (Å²) in [4.78, 5) is 35.2. The predicted molar refractivity (Wildman–Crippen MR) is 140 cm³/mol. The number of aryl methyl sites for hydroxylation is 1. The number of hydrogen-bond donors (Lipinski definition) is 1. The lowest BCUT2D eigenvalue weighted by molar-refractivity contribution is -0.138. The van der Waals surface area contributed by atoms with Crippen LogP contribution in [0.15, 0.2) is 24.8 Å². The smallest absolute Gasteiger partial charge is 0.333 e. The molecule has 2 aromatic heterocycles. The minimum Gasteiger partial charge on any atom is -0.333 e. The Hall–Kier alpha value is -3.25. The Morgan fingerprint density at radius 1 is 1.18 bits per heavy atom. The molecule has 8 nitrogen and oxygen atoms in total. The molecule has 2 aliphatic rings. The number of amides is 2. The van der Waals surface area contributed by atoms with E-state index in [9.17, 15) is 22.8 Å². The van der Waals surface area contributed by atoms with Gasteiger partial charge in [-0.2, -0.15) is 23.3 Å². The van der Waals surface area contributed by atoms with Crippen LogP contribution in [0, 0.1) is 6.92 Å². The Bertz CT molecular complexity index is 1410. The van der Waals surface area contributed by atoms with Gasteiger partial charge >= 0.3 is 6.18 Å². The molecule has 0 saturated carbocycles. The van der Waals surface area contributed by atoms with Crippen LogP contribution in [0.25, 0.3) is 16.0 Å². The van der Waals surface area contributed by atoms with Crippen LogP contribution < -0.4 is 5.32 Å². The van der Waals surface area contributed by atoms with E-state index in [4.69, 9.17) is 0 Å². The van der Waals surface area contributed by atoms with Crippen molar-refractivity contribution >= 4 is 44.3 Å². The summed E-state index contributed by atoms with van der Waals surface area (Å²) in [7, 11) is 0. The van der Waals surface area contributed by atoms with Gasteiger partial charge in [0.05, 0.1) is 5.56 Å². The van der Waals surface area contributed by atoms with Crippen molar-refractivity contribution in [3.8, 4) is 0 Å². The first kappa shape index (κ1) is 26.4. The Morgan fingerprint density at radius 3 is 2.61 bits per heavy atom. The van der Waals surface area contributed by atoms with Gasteiger partial charge in [0, 0.05) is 30.4 Å². The normalized spacial score (nSPS) is 18.4. The number of alkyl halides is 3. The van der Waals surface area contributed by atoms with Crippen LogP contribution in [-0.2, 0) is 6.18 Å². The number of nitrogens with one attached hydrogen (secondary N) is 1. The number of thiazole rings is 1. The highest BCUT2D eigenvalue weighted by Gasteiger charge is 2.35. The molecule has 0 aliphatic carbocycles. The number of carbonyl (C=O) groups is 2. The molecule has 2 amide bonds. The van der Waals surface area contributed by atoms with E-state index < -0.39 is 17.6 Å². The van der Waals surface area contributed by atoms with Crippen LogP contribution in [0.1, 0.15) is 64.6 Å². The van der Waals surface area contributed by atoms with Crippen molar-refractivity contribution in [3.05, 3.63) is 47.2 Å². The van der Waals surface area contributed by atoms with E-state index >= 15 is 0 Å². The van der Waals surface area contributed by atoms with Crippen LogP contribution in [0.2, 0.25) is 0 Å². The first-order valence-corrected chi connectivity index (χ1v) is 13.4. The second-order valence-electron chi connectivity index (χ2n) is 9.95. The molecule has 2 fully saturated rings. The molecule has 2 aliphatic heterocycles. The molecule has 1 atom stereocenters. The van der Waals surface area contributed by atoms with Gasteiger partial charge in [-0.1, -0.05) is 24.0 Å². The van der Waals surface area contributed by atoms with Crippen molar-refractivity contribution in [2.24, 2.45) is 0 Å². The van der Waals surface area contributed by atoms with Crippen LogP contribution >= 0.6 is 11.3 Å². The number of anilines is 1. The highest BCUT2D eigenvalue weighted by molar-refractivity contribution is 7.22. The van der Waals surface area contributed by atoms with E-state index in [1.54, 1.807) is 6.92 Å². The zero-order valence-corrected chi connectivity index (χ0v) is 22.1. The number of rotatable bonds is 6. The molecule has 0 radical (unpaired) electrons. The van der Waals surface area contributed by atoms with Crippen molar-refractivity contribution in [1.82, 2.24) is 24.6 Å². The van der Waals surface area contributed by atoms with Crippen LogP contribution in [0.3, 0.4) is 0 Å². The number of halogens is 3. The first-order valence-electron chi connectivity index (χ1n) is 12.6. The molecule has 38 heavy (non-hydrogen) atoms. The van der Waals surface area contributed by atoms with Gasteiger partial charge in [0.25, 0.3) is 11.8 Å². The number of fused-ring (bicyclic) bond motifs is 1. The Balaban J connectivity index is 1.42. The van der Waals surface area contributed by atoms with Crippen LogP contribution in [-0.4, -0.2) is 68.6 Å². The van der Waals surface area contributed by atoms with Gasteiger partial charge in [0.1, 0.15) is 4.70 Å². The molecular weight excluding hydrogens is 517 g/mol. The summed E-state index contributed by atoms with van der Waals surface area (Å²) >= 11 is 1.07. The molecule has 12 heteroatoms. The van der Waals surface area contributed by atoms with Gasteiger partial charge in [-0.15, -0.1) is 0 Å². The van der Waals surface area contributed by atoms with Gasteiger partial charge in [0.2, 0.25) is 0 Å². The SMILES string of the molecule is C=C(C)n1nc(C(=O)N2CCC[C@H]2CN2CCCC2)c2sc(NC(=O)c3ccc(C)c(C(F)(F)F)c3)nc21. The van der Waals surface area contributed by atoms with Crippen molar-refractivity contribution in [2.75, 3.05) is 31.5 Å². The van der Waals surface area contributed by atoms with Crippen LogP contribution in [0.4, 0.5) is 18.3 Å². The summed E-state index contributed by atoms with van der Waals surface area (Å²) in [6.07, 6.45) is -0.347. The van der Waals surface area contributed by atoms with Gasteiger partial charge in [0.15, 0.2) is 16.5 Å². The average Bonchev–Trinajstić information content (AvgIpc) is 3.63. The molecule has 0 spiro atoms. The topological polar surface area (TPSA) is 83.4 Å². The number of nitrogens with zero attached hydrogens (tertiary/aromatic N) is 5. The molecule has 5 rings (SSSR count). The molecule has 0 bridgehead atoms. The molecule has 4 heterocycles. The molecular formula is C26H29F3N6O2S. The first-order chi connectivity index (χ1) is 18.0. The number of aromatic nitrogens is 3. The number of hydrogen-bond acceptors (Lipinski definition) is 6. The summed E-state index contributed by atoms with van der Waals surface area (Å²) in [6, 6.07) is 3.55. The third-order valence-corrected chi connectivity index (χ3v) is 8.09. The largest absolute Gasteiger partial charge is 0.416 e. The number of benzene rings is 1. The van der Waals surface area contributed by atoms with Gasteiger partial charge in [-0.3, -0.25) is 14.9 Å². The minimum atomic E-state index is -4.57. The Morgan fingerprint density at radius 2 is 1.92 bits per heavy atom. The van der Waals surface area contributed by atoms with Crippen molar-refractivity contribution < 1.29 is 22.8 Å². The van der Waals surface area contributed by atoms with E-state index in [2.05, 4.69) is 26.9 Å². The summed E-state index contributed by atoms with van der Waals surface area (Å²) in [6.45, 7) is 10.6. The Labute approximate surface area is 222 Å². The summed E-state index contributed by atoms with van der Waals surface area (Å²) < 4.78 is 41.9. The van der Waals surface area contributed by atoms with Crippen molar-refractivity contribution in [1.29, 1.82) is 0 Å². The Kier molecular flexibility index (Phi) is 7.03. The van der Waals surface area contributed by atoms with Crippen LogP contribution in [0.5, 0.6) is 0 Å².